The van der Waals surface area contributed by atoms with Crippen LogP contribution in [0.25, 0.3) is 0 Å². The lowest BCUT2D eigenvalue weighted by molar-refractivity contribution is -0.275. The van der Waals surface area contributed by atoms with Gasteiger partial charge in [-0.1, -0.05) is 13.8 Å². The molecule has 30 heavy (non-hydrogen) atoms. The van der Waals surface area contributed by atoms with Gasteiger partial charge in [0.05, 0.1) is 6.04 Å². The van der Waals surface area contributed by atoms with Crippen molar-refractivity contribution in [2.24, 2.45) is 23.5 Å². The summed E-state index contributed by atoms with van der Waals surface area (Å²) in [5.41, 5.74) is 6.16. The van der Waals surface area contributed by atoms with Crippen LogP contribution >= 0.6 is 0 Å². The second kappa shape index (κ2) is 8.61. The summed E-state index contributed by atoms with van der Waals surface area (Å²) in [5, 5.41) is 0. The Morgan fingerprint density at radius 1 is 1.30 bits per heavy atom. The molecule has 0 unspecified atom stereocenters. The van der Waals surface area contributed by atoms with Crippen molar-refractivity contribution in [1.29, 1.82) is 0 Å². The lowest BCUT2D eigenvalue weighted by Gasteiger charge is -2.35. The van der Waals surface area contributed by atoms with Crippen LogP contribution in [-0.4, -0.2) is 49.4 Å². The summed E-state index contributed by atoms with van der Waals surface area (Å²) in [7, 11) is 1.93. The number of anilines is 1. The fourth-order valence-electron chi connectivity index (χ4n) is 5.01. The van der Waals surface area contributed by atoms with Crippen LogP contribution in [0.15, 0.2) is 18.2 Å². The molecule has 1 amide bonds. The molecule has 0 bridgehead atoms. The van der Waals surface area contributed by atoms with Gasteiger partial charge < -0.3 is 15.4 Å². The Morgan fingerprint density at radius 2 is 2.00 bits per heavy atom. The summed E-state index contributed by atoms with van der Waals surface area (Å²) in [4.78, 5) is 16.1. The molecule has 2 N–H and O–H groups in total. The first-order chi connectivity index (χ1) is 14.0. The zero-order chi connectivity index (χ0) is 22.2. The highest BCUT2D eigenvalue weighted by atomic mass is 19.4. The molecule has 1 saturated carbocycles. The lowest BCUT2D eigenvalue weighted by Crippen LogP contribution is -2.50. The number of ether oxygens (including phenoxy) is 1. The minimum Gasteiger partial charge on any atom is -0.403 e. The van der Waals surface area contributed by atoms with Crippen molar-refractivity contribution in [3.8, 4) is 5.75 Å². The van der Waals surface area contributed by atoms with Crippen molar-refractivity contribution in [2.75, 3.05) is 25.0 Å². The van der Waals surface area contributed by atoms with E-state index in [0.717, 1.165) is 25.0 Å². The molecule has 0 spiro atoms. The molecule has 0 radical (unpaired) electrons. The number of nitrogens with two attached hydrogens (primary N) is 1. The van der Waals surface area contributed by atoms with Crippen LogP contribution in [0.1, 0.15) is 33.1 Å². The van der Waals surface area contributed by atoms with E-state index >= 15 is 0 Å². The van der Waals surface area contributed by atoms with Crippen molar-refractivity contribution < 1.29 is 27.1 Å². The standard InChI is InChI=1S/C21H29F4N3O2/c1-12(2)8-18(20(26)29)27(3)17-7-4-13-10-28(11-15(13)17)14-5-6-16(22)19(9-14)30-21(23,24)25/h5-6,9,12-13,15,17-18H,4,7-8,10-11H2,1-3H3,(H2,26,29)/t13-,15+,17+,18+/m1/s1. The normalized spacial score (nSPS) is 25.1. The zero-order valence-corrected chi connectivity index (χ0v) is 17.5. The number of alkyl halides is 3. The quantitative estimate of drug-likeness (QED) is 0.668. The zero-order valence-electron chi connectivity index (χ0n) is 17.5. The van der Waals surface area contributed by atoms with Crippen LogP contribution in [0.5, 0.6) is 5.75 Å². The van der Waals surface area contributed by atoms with E-state index in [1.165, 1.54) is 6.07 Å². The molecule has 1 heterocycles. The number of primary amides is 1. The second-order valence-corrected chi connectivity index (χ2v) is 8.85. The Balaban J connectivity index is 1.74. The summed E-state index contributed by atoms with van der Waals surface area (Å²) < 4.78 is 55.2. The maximum absolute atomic E-state index is 13.8. The van der Waals surface area contributed by atoms with Crippen molar-refractivity contribution >= 4 is 11.6 Å². The van der Waals surface area contributed by atoms with Crippen LogP contribution in [0, 0.1) is 23.6 Å². The molecule has 168 valence electrons. The fourth-order valence-corrected chi connectivity index (χ4v) is 5.01. The molecule has 5 nitrogen and oxygen atoms in total. The minimum absolute atomic E-state index is 0.169. The molecule has 4 atom stereocenters. The van der Waals surface area contributed by atoms with E-state index in [1.54, 1.807) is 0 Å². The molecule has 9 heteroatoms. The number of carbonyl (C=O) groups is 1. The molecule has 1 aromatic rings. The Labute approximate surface area is 174 Å². The third kappa shape index (κ3) is 4.99. The van der Waals surface area contributed by atoms with Gasteiger partial charge in [-0.2, -0.15) is 0 Å². The Bertz CT molecular complexity index is 771. The maximum Gasteiger partial charge on any atom is 0.573 e. The van der Waals surface area contributed by atoms with Crippen molar-refractivity contribution in [2.45, 2.75) is 51.6 Å². The third-order valence-corrected chi connectivity index (χ3v) is 6.36. The summed E-state index contributed by atoms with van der Waals surface area (Å²) in [6, 6.07) is 3.40. The molecule has 3 rings (SSSR count). The molecule has 2 fully saturated rings. The summed E-state index contributed by atoms with van der Waals surface area (Å²) >= 11 is 0. The average Bonchev–Trinajstić information content (AvgIpc) is 3.20. The number of fused-ring (bicyclic) bond motifs is 1. The van der Waals surface area contributed by atoms with E-state index in [2.05, 4.69) is 9.64 Å². The number of amides is 1. The SMILES string of the molecule is CC(C)C[C@@H](C(N)=O)N(C)[C@H]1CC[C@@H]2CN(c3ccc(F)c(OC(F)(F)F)c3)C[C@@H]21. The number of benzene rings is 1. The van der Waals surface area contributed by atoms with Crippen molar-refractivity contribution in [3.05, 3.63) is 24.0 Å². The number of rotatable bonds is 7. The van der Waals surface area contributed by atoms with Crippen LogP contribution in [0.4, 0.5) is 23.2 Å². The second-order valence-electron chi connectivity index (χ2n) is 8.85. The average molecular weight is 431 g/mol. The Hall–Kier alpha value is -2.03. The summed E-state index contributed by atoms with van der Waals surface area (Å²) in [5.74, 6) is -1.25. The Morgan fingerprint density at radius 3 is 2.60 bits per heavy atom. The number of carbonyl (C=O) groups excluding carboxylic acids is 1. The number of hydrogen-bond donors (Lipinski definition) is 1. The molecular weight excluding hydrogens is 402 g/mol. The molecule has 1 saturated heterocycles. The molecule has 0 aromatic heterocycles. The van der Waals surface area contributed by atoms with E-state index in [-0.39, 0.29) is 23.9 Å². The number of likely N-dealkylation sites (N-methyl/N-ethyl adjacent to an activating group) is 1. The van der Waals surface area contributed by atoms with Gasteiger partial charge in [0, 0.05) is 30.9 Å². The monoisotopic (exact) mass is 431 g/mol. The van der Waals surface area contributed by atoms with Gasteiger partial charge >= 0.3 is 6.36 Å². The highest BCUT2D eigenvalue weighted by Crippen LogP contribution is 2.43. The minimum atomic E-state index is -4.95. The van der Waals surface area contributed by atoms with E-state index < -0.39 is 17.9 Å². The van der Waals surface area contributed by atoms with Gasteiger partial charge in [0.1, 0.15) is 0 Å². The van der Waals surface area contributed by atoms with Gasteiger partial charge in [-0.3, -0.25) is 9.69 Å². The smallest absolute Gasteiger partial charge is 0.403 e. The van der Waals surface area contributed by atoms with E-state index in [4.69, 9.17) is 5.73 Å². The largest absolute Gasteiger partial charge is 0.573 e. The van der Waals surface area contributed by atoms with Crippen LogP contribution in [0.2, 0.25) is 0 Å². The number of halogens is 4. The van der Waals surface area contributed by atoms with Crippen molar-refractivity contribution in [3.63, 3.8) is 0 Å². The van der Waals surface area contributed by atoms with Gasteiger partial charge in [-0.05, 0) is 56.2 Å². The maximum atomic E-state index is 13.8. The van der Waals surface area contributed by atoms with Gasteiger partial charge in [0.2, 0.25) is 5.91 Å². The highest BCUT2D eigenvalue weighted by molar-refractivity contribution is 5.79. The van der Waals surface area contributed by atoms with Crippen LogP contribution in [-0.2, 0) is 4.79 Å². The van der Waals surface area contributed by atoms with E-state index in [0.29, 0.717) is 37.0 Å². The topological polar surface area (TPSA) is 58.8 Å². The molecule has 1 aliphatic heterocycles. The number of hydrogen-bond acceptors (Lipinski definition) is 4. The van der Waals surface area contributed by atoms with E-state index in [1.807, 2.05) is 25.8 Å². The third-order valence-electron chi connectivity index (χ3n) is 6.36. The molecule has 1 aliphatic carbocycles. The lowest BCUT2D eigenvalue weighted by atomic mass is 9.94. The Kier molecular flexibility index (Phi) is 6.50. The van der Waals surface area contributed by atoms with Crippen LogP contribution < -0.4 is 15.4 Å². The van der Waals surface area contributed by atoms with Crippen molar-refractivity contribution in [1.82, 2.24) is 4.90 Å². The van der Waals surface area contributed by atoms with Gasteiger partial charge in [0.25, 0.3) is 0 Å². The van der Waals surface area contributed by atoms with Gasteiger partial charge in [-0.15, -0.1) is 13.2 Å². The van der Waals surface area contributed by atoms with Gasteiger partial charge in [0.15, 0.2) is 11.6 Å². The summed E-state index contributed by atoms with van der Waals surface area (Å²) in [6.45, 7) is 5.41. The summed E-state index contributed by atoms with van der Waals surface area (Å²) in [6.07, 6.45) is -2.35. The molecule has 1 aromatic carbocycles. The molecular formula is C21H29F4N3O2. The first-order valence-corrected chi connectivity index (χ1v) is 10.3. The first-order valence-electron chi connectivity index (χ1n) is 10.3. The fraction of sp³-hybridized carbons (Fsp3) is 0.667. The molecule has 2 aliphatic rings. The van der Waals surface area contributed by atoms with E-state index in [9.17, 15) is 22.4 Å². The first kappa shape index (κ1) is 22.7. The predicted octanol–water partition coefficient (Wildman–Crippen LogP) is 3.77. The van der Waals surface area contributed by atoms with Crippen LogP contribution in [0.3, 0.4) is 0 Å². The number of nitrogens with zero attached hydrogens (tertiary/aromatic N) is 2. The predicted molar refractivity (Wildman–Crippen MR) is 105 cm³/mol. The highest BCUT2D eigenvalue weighted by Gasteiger charge is 2.46. The van der Waals surface area contributed by atoms with Gasteiger partial charge in [-0.25, -0.2) is 4.39 Å².